The molecule has 1 atom stereocenters. The van der Waals surface area contributed by atoms with E-state index in [0.29, 0.717) is 19.0 Å². The van der Waals surface area contributed by atoms with Crippen LogP contribution in [0.25, 0.3) is 0 Å². The Balaban J connectivity index is 2.39. The number of rotatable bonds is 8. The van der Waals surface area contributed by atoms with Gasteiger partial charge in [0.25, 0.3) is 0 Å². The second-order valence-electron chi connectivity index (χ2n) is 3.70. The number of methoxy groups -OCH3 is 1. The molecular formula is C13H18N2O3. The van der Waals surface area contributed by atoms with Gasteiger partial charge in [-0.2, -0.15) is 10.7 Å². The maximum Gasteiger partial charge on any atom is 0.174 e. The van der Waals surface area contributed by atoms with Crippen molar-refractivity contribution in [2.24, 2.45) is 0 Å². The van der Waals surface area contributed by atoms with E-state index in [-0.39, 0.29) is 12.6 Å². The van der Waals surface area contributed by atoms with Crippen molar-refractivity contribution in [1.82, 2.24) is 5.48 Å². The minimum absolute atomic E-state index is 0.0628. The lowest BCUT2D eigenvalue weighted by Crippen LogP contribution is -2.21. The van der Waals surface area contributed by atoms with Gasteiger partial charge >= 0.3 is 0 Å². The fraction of sp³-hybridized carbons (Fsp3) is 0.462. The lowest BCUT2D eigenvalue weighted by Gasteiger charge is -2.14. The van der Waals surface area contributed by atoms with Crippen LogP contribution in [0.2, 0.25) is 0 Å². The Morgan fingerprint density at radius 1 is 1.28 bits per heavy atom. The molecule has 0 aliphatic carbocycles. The zero-order chi connectivity index (χ0) is 13.2. The molecule has 1 N–H and O–H groups in total. The summed E-state index contributed by atoms with van der Waals surface area (Å²) in [4.78, 5) is 5.24. The van der Waals surface area contributed by atoms with Gasteiger partial charge < -0.3 is 9.47 Å². The van der Waals surface area contributed by atoms with Crippen LogP contribution < -0.4 is 10.2 Å². The molecule has 0 saturated carbocycles. The van der Waals surface area contributed by atoms with Gasteiger partial charge in [-0.05, 0) is 24.6 Å². The maximum absolute atomic E-state index is 8.40. The standard InChI is InChI=1S/C13H18N2O3/c1-11(15-18-10-9-16-2)12-3-5-13(6-4-12)17-8-7-14/h3-6,11,15H,8-10H2,1-2H3. The molecule has 5 nitrogen and oxygen atoms in total. The molecule has 0 aromatic heterocycles. The van der Waals surface area contributed by atoms with Gasteiger partial charge in [-0.1, -0.05) is 12.1 Å². The molecule has 0 aliphatic heterocycles. The summed E-state index contributed by atoms with van der Waals surface area (Å²) in [5.41, 5.74) is 4.00. The fourth-order valence-electron chi connectivity index (χ4n) is 1.35. The van der Waals surface area contributed by atoms with E-state index in [1.165, 1.54) is 0 Å². The van der Waals surface area contributed by atoms with Gasteiger partial charge in [-0.15, -0.1) is 0 Å². The van der Waals surface area contributed by atoms with Crippen molar-refractivity contribution in [1.29, 1.82) is 5.26 Å². The normalized spacial score (nSPS) is 11.8. The second kappa shape index (κ2) is 8.48. The van der Waals surface area contributed by atoms with Gasteiger partial charge in [0, 0.05) is 7.11 Å². The average molecular weight is 250 g/mol. The van der Waals surface area contributed by atoms with Crippen LogP contribution >= 0.6 is 0 Å². The molecule has 0 bridgehead atoms. The summed E-state index contributed by atoms with van der Waals surface area (Å²) in [6, 6.07) is 9.54. The molecule has 1 aromatic rings. The molecule has 0 amide bonds. The number of benzene rings is 1. The van der Waals surface area contributed by atoms with E-state index < -0.39 is 0 Å². The highest BCUT2D eigenvalue weighted by Gasteiger charge is 2.05. The van der Waals surface area contributed by atoms with Gasteiger partial charge in [0.15, 0.2) is 6.61 Å². The average Bonchev–Trinajstić information content (AvgIpc) is 2.41. The monoisotopic (exact) mass is 250 g/mol. The van der Waals surface area contributed by atoms with Crippen LogP contribution in [0.4, 0.5) is 0 Å². The number of hydrogen-bond acceptors (Lipinski definition) is 5. The van der Waals surface area contributed by atoms with E-state index in [1.807, 2.05) is 37.3 Å². The second-order valence-corrected chi connectivity index (χ2v) is 3.70. The zero-order valence-corrected chi connectivity index (χ0v) is 10.7. The minimum Gasteiger partial charge on any atom is -0.479 e. The summed E-state index contributed by atoms with van der Waals surface area (Å²) in [5, 5.41) is 8.40. The van der Waals surface area contributed by atoms with Crippen LogP contribution in [0.1, 0.15) is 18.5 Å². The van der Waals surface area contributed by atoms with Gasteiger partial charge in [-0.25, -0.2) is 0 Å². The molecule has 0 radical (unpaired) electrons. The third-order valence-electron chi connectivity index (χ3n) is 2.33. The van der Waals surface area contributed by atoms with E-state index >= 15 is 0 Å². The molecule has 1 unspecified atom stereocenters. The smallest absolute Gasteiger partial charge is 0.174 e. The highest BCUT2D eigenvalue weighted by Crippen LogP contribution is 2.17. The molecule has 0 spiro atoms. The van der Waals surface area contributed by atoms with E-state index in [4.69, 9.17) is 19.6 Å². The van der Waals surface area contributed by atoms with Gasteiger partial charge in [-0.3, -0.25) is 4.84 Å². The number of hydrogen-bond donors (Lipinski definition) is 1. The van der Waals surface area contributed by atoms with Crippen LogP contribution in [0.3, 0.4) is 0 Å². The quantitative estimate of drug-likeness (QED) is 0.563. The predicted octanol–water partition coefficient (Wildman–Crippen LogP) is 1.82. The topological polar surface area (TPSA) is 63.5 Å². The van der Waals surface area contributed by atoms with Crippen LogP contribution in [0.15, 0.2) is 24.3 Å². The SMILES string of the molecule is COCCONC(C)c1ccc(OCC#N)cc1. The Morgan fingerprint density at radius 3 is 2.61 bits per heavy atom. The minimum atomic E-state index is 0.0628. The first kappa shape index (κ1) is 14.5. The zero-order valence-electron chi connectivity index (χ0n) is 10.7. The first-order valence-electron chi connectivity index (χ1n) is 5.74. The van der Waals surface area contributed by atoms with Gasteiger partial charge in [0.05, 0.1) is 19.3 Å². The molecule has 1 rings (SSSR count). The third-order valence-corrected chi connectivity index (χ3v) is 2.33. The molecule has 0 heterocycles. The number of nitriles is 1. The van der Waals surface area contributed by atoms with Crippen LogP contribution in [-0.4, -0.2) is 26.9 Å². The van der Waals surface area contributed by atoms with Crippen molar-refractivity contribution in [2.45, 2.75) is 13.0 Å². The summed E-state index contributed by atoms with van der Waals surface area (Å²) in [6.45, 7) is 3.12. The van der Waals surface area contributed by atoms with Crippen LogP contribution in [0, 0.1) is 11.3 Å². The first-order valence-corrected chi connectivity index (χ1v) is 5.74. The largest absolute Gasteiger partial charge is 0.479 e. The summed E-state index contributed by atoms with van der Waals surface area (Å²) >= 11 is 0. The number of nitrogens with zero attached hydrogens (tertiary/aromatic N) is 1. The maximum atomic E-state index is 8.40. The van der Waals surface area contributed by atoms with Gasteiger partial charge in [0.1, 0.15) is 11.8 Å². The Hall–Kier alpha value is -1.61. The molecular weight excluding hydrogens is 232 g/mol. The summed E-state index contributed by atoms with van der Waals surface area (Å²) in [6.07, 6.45) is 0. The number of hydroxylamine groups is 1. The van der Waals surface area contributed by atoms with E-state index in [2.05, 4.69) is 5.48 Å². The summed E-state index contributed by atoms with van der Waals surface area (Å²) in [7, 11) is 1.63. The predicted molar refractivity (Wildman–Crippen MR) is 66.9 cm³/mol. The lowest BCUT2D eigenvalue weighted by atomic mass is 10.1. The van der Waals surface area contributed by atoms with Gasteiger partial charge in [0.2, 0.25) is 0 Å². The highest BCUT2D eigenvalue weighted by molar-refractivity contribution is 5.28. The first-order chi connectivity index (χ1) is 8.77. The van der Waals surface area contributed by atoms with Crippen molar-refractivity contribution < 1.29 is 14.3 Å². The summed E-state index contributed by atoms with van der Waals surface area (Å²) < 4.78 is 10.0. The van der Waals surface area contributed by atoms with E-state index in [1.54, 1.807) is 7.11 Å². The fourth-order valence-corrected chi connectivity index (χ4v) is 1.35. The molecule has 98 valence electrons. The Morgan fingerprint density at radius 2 is 2.00 bits per heavy atom. The molecule has 0 fully saturated rings. The highest BCUT2D eigenvalue weighted by atomic mass is 16.7. The van der Waals surface area contributed by atoms with Crippen molar-refractivity contribution in [3.63, 3.8) is 0 Å². The Labute approximate surface area is 107 Å². The molecule has 0 aliphatic rings. The van der Waals surface area contributed by atoms with Crippen LogP contribution in [-0.2, 0) is 9.57 Å². The van der Waals surface area contributed by atoms with Crippen molar-refractivity contribution in [3.05, 3.63) is 29.8 Å². The van der Waals surface area contributed by atoms with Crippen molar-refractivity contribution in [3.8, 4) is 11.8 Å². The third kappa shape index (κ3) is 5.15. The summed E-state index contributed by atoms with van der Waals surface area (Å²) in [5.74, 6) is 0.688. The molecule has 1 aromatic carbocycles. The Kier molecular flexibility index (Phi) is 6.81. The molecule has 18 heavy (non-hydrogen) atoms. The number of ether oxygens (including phenoxy) is 2. The number of nitrogens with one attached hydrogen (secondary N) is 1. The van der Waals surface area contributed by atoms with Crippen molar-refractivity contribution >= 4 is 0 Å². The molecule has 5 heteroatoms. The Bertz CT molecular complexity index is 373. The van der Waals surface area contributed by atoms with E-state index in [9.17, 15) is 0 Å². The van der Waals surface area contributed by atoms with Crippen molar-refractivity contribution in [2.75, 3.05) is 26.9 Å². The molecule has 0 saturated heterocycles. The van der Waals surface area contributed by atoms with E-state index in [0.717, 1.165) is 5.56 Å². The lowest BCUT2D eigenvalue weighted by molar-refractivity contribution is -0.00925. The van der Waals surface area contributed by atoms with Crippen LogP contribution in [0.5, 0.6) is 5.75 Å².